The first-order chi connectivity index (χ1) is 10.7. The standard InChI is InChI=1S/C19H18O3/c1-3-12-21-15-10-8-14(9-11-15)19(20)18-13(2)22-17-7-5-4-6-16(17)18/h4-11H,3,12H2,1-2H3. The number of fused-ring (bicyclic) bond motifs is 1. The zero-order chi connectivity index (χ0) is 15.5. The van der Waals surface area contributed by atoms with Gasteiger partial charge in [0.2, 0.25) is 0 Å². The molecular formula is C19H18O3. The van der Waals surface area contributed by atoms with Crippen LogP contribution in [0.25, 0.3) is 11.0 Å². The van der Waals surface area contributed by atoms with Crippen molar-refractivity contribution in [3.63, 3.8) is 0 Å². The minimum atomic E-state index is -0.0236. The predicted molar refractivity (Wildman–Crippen MR) is 86.6 cm³/mol. The highest BCUT2D eigenvalue weighted by Gasteiger charge is 2.19. The van der Waals surface area contributed by atoms with Gasteiger partial charge in [-0.05, 0) is 43.7 Å². The molecule has 0 fully saturated rings. The molecule has 0 radical (unpaired) electrons. The van der Waals surface area contributed by atoms with E-state index in [0.717, 1.165) is 23.1 Å². The first-order valence-corrected chi connectivity index (χ1v) is 7.46. The maximum Gasteiger partial charge on any atom is 0.197 e. The highest BCUT2D eigenvalue weighted by atomic mass is 16.5. The Hall–Kier alpha value is -2.55. The fourth-order valence-electron chi connectivity index (χ4n) is 2.52. The number of benzene rings is 2. The minimum Gasteiger partial charge on any atom is -0.494 e. The van der Waals surface area contributed by atoms with E-state index in [-0.39, 0.29) is 5.78 Å². The molecule has 0 unspecified atom stereocenters. The third-order valence-corrected chi connectivity index (χ3v) is 3.59. The molecular weight excluding hydrogens is 276 g/mol. The van der Waals surface area contributed by atoms with E-state index in [4.69, 9.17) is 9.15 Å². The molecule has 0 aliphatic carbocycles. The van der Waals surface area contributed by atoms with Crippen molar-refractivity contribution in [2.24, 2.45) is 0 Å². The normalized spacial score (nSPS) is 10.8. The molecule has 0 amide bonds. The number of hydrogen-bond donors (Lipinski definition) is 0. The number of furan rings is 1. The van der Waals surface area contributed by atoms with Crippen LogP contribution in [-0.2, 0) is 0 Å². The number of ether oxygens (including phenoxy) is 1. The van der Waals surface area contributed by atoms with Crippen molar-refractivity contribution in [2.75, 3.05) is 6.61 Å². The molecule has 0 aliphatic heterocycles. The van der Waals surface area contributed by atoms with E-state index < -0.39 is 0 Å². The van der Waals surface area contributed by atoms with Gasteiger partial charge in [0.25, 0.3) is 0 Å². The zero-order valence-electron chi connectivity index (χ0n) is 12.8. The summed E-state index contributed by atoms with van der Waals surface area (Å²) in [4.78, 5) is 12.8. The second-order valence-electron chi connectivity index (χ2n) is 5.23. The Morgan fingerprint density at radius 3 is 2.55 bits per heavy atom. The molecule has 1 heterocycles. The molecule has 3 rings (SSSR count). The number of para-hydroxylation sites is 1. The lowest BCUT2D eigenvalue weighted by atomic mass is 10.0. The van der Waals surface area contributed by atoms with Crippen molar-refractivity contribution in [1.82, 2.24) is 0 Å². The molecule has 112 valence electrons. The molecule has 3 nitrogen and oxygen atoms in total. The third kappa shape index (κ3) is 2.62. The fourth-order valence-corrected chi connectivity index (χ4v) is 2.52. The van der Waals surface area contributed by atoms with Crippen LogP contribution in [0.5, 0.6) is 5.75 Å². The van der Waals surface area contributed by atoms with E-state index in [0.29, 0.717) is 23.5 Å². The smallest absolute Gasteiger partial charge is 0.197 e. The van der Waals surface area contributed by atoms with Crippen LogP contribution in [0.4, 0.5) is 0 Å². The molecule has 0 saturated heterocycles. The van der Waals surface area contributed by atoms with Crippen LogP contribution in [0.2, 0.25) is 0 Å². The fraction of sp³-hybridized carbons (Fsp3) is 0.211. The van der Waals surface area contributed by atoms with E-state index in [1.54, 1.807) is 12.1 Å². The summed E-state index contributed by atoms with van der Waals surface area (Å²) in [6.07, 6.45) is 0.959. The van der Waals surface area contributed by atoms with Gasteiger partial charge in [-0.25, -0.2) is 0 Å². The van der Waals surface area contributed by atoms with Crippen LogP contribution >= 0.6 is 0 Å². The van der Waals surface area contributed by atoms with E-state index in [1.807, 2.05) is 43.3 Å². The van der Waals surface area contributed by atoms with Crippen molar-refractivity contribution in [1.29, 1.82) is 0 Å². The Morgan fingerprint density at radius 1 is 1.09 bits per heavy atom. The molecule has 0 atom stereocenters. The summed E-state index contributed by atoms with van der Waals surface area (Å²) in [7, 11) is 0. The van der Waals surface area contributed by atoms with Crippen LogP contribution in [0.3, 0.4) is 0 Å². The first-order valence-electron chi connectivity index (χ1n) is 7.46. The van der Waals surface area contributed by atoms with Crippen LogP contribution in [0.15, 0.2) is 52.9 Å². The van der Waals surface area contributed by atoms with Crippen molar-refractivity contribution in [3.05, 3.63) is 65.4 Å². The van der Waals surface area contributed by atoms with Gasteiger partial charge in [0.15, 0.2) is 5.78 Å². The van der Waals surface area contributed by atoms with Gasteiger partial charge in [-0.15, -0.1) is 0 Å². The number of carbonyl (C=O) groups excluding carboxylic acids is 1. The lowest BCUT2D eigenvalue weighted by Gasteiger charge is -2.05. The maximum atomic E-state index is 12.8. The van der Waals surface area contributed by atoms with E-state index in [1.165, 1.54) is 0 Å². The summed E-state index contributed by atoms with van der Waals surface area (Å²) in [6, 6.07) is 14.9. The molecule has 0 spiro atoms. The number of hydrogen-bond acceptors (Lipinski definition) is 3. The van der Waals surface area contributed by atoms with Crippen molar-refractivity contribution in [2.45, 2.75) is 20.3 Å². The maximum absolute atomic E-state index is 12.8. The first kappa shape index (κ1) is 14.4. The second kappa shape index (κ2) is 6.06. The monoisotopic (exact) mass is 294 g/mol. The van der Waals surface area contributed by atoms with Crippen LogP contribution in [0, 0.1) is 6.92 Å². The van der Waals surface area contributed by atoms with Gasteiger partial charge in [0.05, 0.1) is 12.2 Å². The molecule has 1 aromatic heterocycles. The number of carbonyl (C=O) groups is 1. The van der Waals surface area contributed by atoms with Gasteiger partial charge >= 0.3 is 0 Å². The minimum absolute atomic E-state index is 0.0236. The molecule has 0 aliphatic rings. The van der Waals surface area contributed by atoms with Crippen molar-refractivity contribution in [3.8, 4) is 5.75 Å². The van der Waals surface area contributed by atoms with E-state index >= 15 is 0 Å². The summed E-state index contributed by atoms with van der Waals surface area (Å²) in [5.41, 5.74) is 2.02. The third-order valence-electron chi connectivity index (χ3n) is 3.59. The Labute approximate surface area is 129 Å². The molecule has 3 aromatic rings. The molecule has 0 saturated carbocycles. The summed E-state index contributed by atoms with van der Waals surface area (Å²) in [6.45, 7) is 4.56. The molecule has 22 heavy (non-hydrogen) atoms. The lowest BCUT2D eigenvalue weighted by molar-refractivity contribution is 0.103. The second-order valence-corrected chi connectivity index (χ2v) is 5.23. The largest absolute Gasteiger partial charge is 0.494 e. The average Bonchev–Trinajstić information content (AvgIpc) is 2.88. The van der Waals surface area contributed by atoms with Crippen molar-refractivity contribution >= 4 is 16.8 Å². The highest BCUT2D eigenvalue weighted by Crippen LogP contribution is 2.28. The summed E-state index contributed by atoms with van der Waals surface area (Å²) >= 11 is 0. The molecule has 0 bridgehead atoms. The average molecular weight is 294 g/mol. The van der Waals surface area contributed by atoms with Gasteiger partial charge in [-0.3, -0.25) is 4.79 Å². The van der Waals surface area contributed by atoms with Crippen molar-refractivity contribution < 1.29 is 13.9 Å². The molecule has 0 N–H and O–H groups in total. The Bertz CT molecular complexity index is 797. The van der Waals surface area contributed by atoms with E-state index in [2.05, 4.69) is 6.92 Å². The van der Waals surface area contributed by atoms with Gasteiger partial charge < -0.3 is 9.15 Å². The summed E-state index contributed by atoms with van der Waals surface area (Å²) in [5.74, 6) is 1.41. The van der Waals surface area contributed by atoms with Gasteiger partial charge in [0, 0.05) is 10.9 Å². The quantitative estimate of drug-likeness (QED) is 0.637. The van der Waals surface area contributed by atoms with Gasteiger partial charge in [0.1, 0.15) is 17.1 Å². The SMILES string of the molecule is CCCOc1ccc(C(=O)c2c(C)oc3ccccc23)cc1. The van der Waals surface area contributed by atoms with Gasteiger partial charge in [-0.1, -0.05) is 25.1 Å². The topological polar surface area (TPSA) is 39.4 Å². The zero-order valence-corrected chi connectivity index (χ0v) is 12.8. The number of ketones is 1. The van der Waals surface area contributed by atoms with Crippen LogP contribution < -0.4 is 4.74 Å². The van der Waals surface area contributed by atoms with E-state index in [9.17, 15) is 4.79 Å². The summed E-state index contributed by atoms with van der Waals surface area (Å²) < 4.78 is 11.2. The Balaban J connectivity index is 1.94. The van der Waals surface area contributed by atoms with Gasteiger partial charge in [-0.2, -0.15) is 0 Å². The molecule has 2 aromatic carbocycles. The lowest BCUT2D eigenvalue weighted by Crippen LogP contribution is -2.02. The van der Waals surface area contributed by atoms with Crippen LogP contribution in [-0.4, -0.2) is 12.4 Å². The predicted octanol–water partition coefficient (Wildman–Crippen LogP) is 4.76. The number of rotatable bonds is 5. The Kier molecular flexibility index (Phi) is 3.96. The Morgan fingerprint density at radius 2 is 1.82 bits per heavy atom. The highest BCUT2D eigenvalue weighted by molar-refractivity contribution is 6.16. The number of aryl methyl sites for hydroxylation is 1. The molecule has 3 heteroatoms. The van der Waals surface area contributed by atoms with Crippen LogP contribution in [0.1, 0.15) is 35.0 Å². The summed E-state index contributed by atoms with van der Waals surface area (Å²) in [5, 5.41) is 0.858.